The number of carboxylic acid groups (broad SMARTS) is 1. The molecule has 1 rings (SSSR count). The van der Waals surface area contributed by atoms with E-state index in [9.17, 15) is 9.59 Å². The number of nitrogens with zero attached hydrogens (tertiary/aromatic N) is 1. The van der Waals surface area contributed by atoms with E-state index in [4.69, 9.17) is 33.4 Å². The molecule has 1 aromatic rings. The number of halogens is 2. The third kappa shape index (κ3) is 2.91. The average Bonchev–Trinajstić information content (AvgIpc) is 2.53. The SMILES string of the molecule is Cn1c(C(=O)NC(CO)C(=O)O)cc(Cl)c1Cl. The van der Waals surface area contributed by atoms with Gasteiger partial charge in [-0.25, -0.2) is 4.79 Å². The number of nitrogens with one attached hydrogen (secondary N) is 1. The Morgan fingerprint density at radius 3 is 2.47 bits per heavy atom. The van der Waals surface area contributed by atoms with Crippen molar-refractivity contribution in [3.05, 3.63) is 21.9 Å². The number of hydrogen-bond acceptors (Lipinski definition) is 3. The summed E-state index contributed by atoms with van der Waals surface area (Å²) in [5.74, 6) is -2.00. The summed E-state index contributed by atoms with van der Waals surface area (Å²) < 4.78 is 1.31. The molecule has 1 heterocycles. The third-order valence-corrected chi connectivity index (χ3v) is 2.98. The predicted molar refractivity (Wildman–Crippen MR) is 61.4 cm³/mol. The van der Waals surface area contributed by atoms with Crippen LogP contribution >= 0.6 is 23.2 Å². The van der Waals surface area contributed by atoms with Crippen LogP contribution in [0.15, 0.2) is 6.07 Å². The molecule has 94 valence electrons. The summed E-state index contributed by atoms with van der Waals surface area (Å²) in [7, 11) is 1.51. The quantitative estimate of drug-likeness (QED) is 0.749. The van der Waals surface area contributed by atoms with E-state index in [0.29, 0.717) is 0 Å². The number of carboxylic acids is 1. The number of aliphatic hydroxyl groups excluding tert-OH is 1. The van der Waals surface area contributed by atoms with Crippen LogP contribution in [-0.2, 0) is 11.8 Å². The van der Waals surface area contributed by atoms with E-state index in [1.165, 1.54) is 17.7 Å². The lowest BCUT2D eigenvalue weighted by Gasteiger charge is -2.11. The molecule has 0 aliphatic heterocycles. The van der Waals surface area contributed by atoms with E-state index in [1.807, 2.05) is 0 Å². The second-order valence-electron chi connectivity index (χ2n) is 3.27. The lowest BCUT2D eigenvalue weighted by molar-refractivity contribution is -0.140. The van der Waals surface area contributed by atoms with Crippen LogP contribution in [0.5, 0.6) is 0 Å². The molecule has 1 aromatic heterocycles. The maximum atomic E-state index is 11.7. The van der Waals surface area contributed by atoms with Crippen LogP contribution in [0.3, 0.4) is 0 Å². The minimum atomic E-state index is -1.37. The van der Waals surface area contributed by atoms with E-state index in [2.05, 4.69) is 5.32 Å². The number of hydrogen-bond donors (Lipinski definition) is 3. The Balaban J connectivity index is 2.90. The van der Waals surface area contributed by atoms with Crippen molar-refractivity contribution in [1.82, 2.24) is 9.88 Å². The first kappa shape index (κ1) is 13.8. The first-order chi connectivity index (χ1) is 7.88. The summed E-state index contributed by atoms with van der Waals surface area (Å²) >= 11 is 11.5. The molecule has 0 saturated heterocycles. The van der Waals surface area contributed by atoms with Crippen LogP contribution in [0.1, 0.15) is 10.5 Å². The molecular weight excluding hydrogens is 271 g/mol. The van der Waals surface area contributed by atoms with Gasteiger partial charge in [0, 0.05) is 7.05 Å². The fourth-order valence-electron chi connectivity index (χ4n) is 1.18. The maximum Gasteiger partial charge on any atom is 0.328 e. The molecule has 0 bridgehead atoms. The molecular formula is C9H10Cl2N2O4. The number of amides is 1. The number of aliphatic carboxylic acids is 1. The highest BCUT2D eigenvalue weighted by atomic mass is 35.5. The molecule has 8 heteroatoms. The van der Waals surface area contributed by atoms with Gasteiger partial charge in [-0.1, -0.05) is 23.2 Å². The number of aromatic nitrogens is 1. The Hall–Kier alpha value is -1.24. The highest BCUT2D eigenvalue weighted by molar-refractivity contribution is 6.41. The zero-order valence-corrected chi connectivity index (χ0v) is 10.3. The zero-order valence-electron chi connectivity index (χ0n) is 8.78. The second-order valence-corrected chi connectivity index (χ2v) is 4.04. The van der Waals surface area contributed by atoms with Gasteiger partial charge < -0.3 is 20.1 Å². The topological polar surface area (TPSA) is 91.6 Å². The first-order valence-electron chi connectivity index (χ1n) is 4.53. The van der Waals surface area contributed by atoms with Gasteiger partial charge in [0.05, 0.1) is 11.6 Å². The van der Waals surface area contributed by atoms with Crippen LogP contribution in [0.25, 0.3) is 0 Å². The third-order valence-electron chi connectivity index (χ3n) is 2.13. The first-order valence-corrected chi connectivity index (χ1v) is 5.29. The number of carbonyl (C=O) groups is 2. The Morgan fingerprint density at radius 1 is 1.53 bits per heavy atom. The molecule has 6 nitrogen and oxygen atoms in total. The second kappa shape index (κ2) is 5.39. The highest BCUT2D eigenvalue weighted by Gasteiger charge is 2.22. The molecule has 0 fully saturated rings. The van der Waals surface area contributed by atoms with Crippen LogP contribution in [0.4, 0.5) is 0 Å². The number of carbonyl (C=O) groups excluding carboxylic acids is 1. The van der Waals surface area contributed by atoms with Gasteiger partial charge in [0.1, 0.15) is 10.8 Å². The fourth-order valence-corrected chi connectivity index (χ4v) is 1.55. The van der Waals surface area contributed by atoms with E-state index in [-0.39, 0.29) is 15.9 Å². The van der Waals surface area contributed by atoms with Crippen molar-refractivity contribution in [3.63, 3.8) is 0 Å². The molecule has 1 amide bonds. The molecule has 0 aliphatic carbocycles. The summed E-state index contributed by atoms with van der Waals surface area (Å²) in [5, 5.41) is 19.9. The van der Waals surface area contributed by atoms with E-state index in [0.717, 1.165) is 0 Å². The molecule has 0 aliphatic rings. The lowest BCUT2D eigenvalue weighted by Crippen LogP contribution is -2.43. The summed E-state index contributed by atoms with van der Waals surface area (Å²) in [6, 6.07) is -0.0508. The van der Waals surface area contributed by atoms with Crippen molar-refractivity contribution in [2.24, 2.45) is 7.05 Å². The van der Waals surface area contributed by atoms with Gasteiger partial charge in [-0.2, -0.15) is 0 Å². The van der Waals surface area contributed by atoms with Gasteiger partial charge >= 0.3 is 5.97 Å². The normalized spacial score (nSPS) is 12.2. The zero-order chi connectivity index (χ0) is 13.2. The standard InChI is InChI=1S/C9H10Cl2N2O4/c1-13-6(2-4(10)7(13)11)8(15)12-5(3-14)9(16)17/h2,5,14H,3H2,1H3,(H,12,15)(H,16,17). The van der Waals surface area contributed by atoms with Crippen molar-refractivity contribution in [3.8, 4) is 0 Å². The molecule has 1 unspecified atom stereocenters. The Labute approximate surface area is 107 Å². The summed E-state index contributed by atoms with van der Waals surface area (Å²) in [6.07, 6.45) is 0. The van der Waals surface area contributed by atoms with E-state index >= 15 is 0 Å². The van der Waals surface area contributed by atoms with Gasteiger partial charge in [0.2, 0.25) is 0 Å². The fraction of sp³-hybridized carbons (Fsp3) is 0.333. The van der Waals surface area contributed by atoms with Gasteiger partial charge in [0.25, 0.3) is 5.91 Å². The van der Waals surface area contributed by atoms with Crippen molar-refractivity contribution in [2.75, 3.05) is 6.61 Å². The number of rotatable bonds is 4. The van der Waals surface area contributed by atoms with Gasteiger partial charge in [-0.3, -0.25) is 4.79 Å². The monoisotopic (exact) mass is 280 g/mol. The van der Waals surface area contributed by atoms with Gasteiger partial charge in [-0.05, 0) is 6.07 Å². The largest absolute Gasteiger partial charge is 0.480 e. The Kier molecular flexibility index (Phi) is 4.39. The van der Waals surface area contributed by atoms with Crippen molar-refractivity contribution < 1.29 is 19.8 Å². The average molecular weight is 281 g/mol. The molecule has 0 aromatic carbocycles. The summed E-state index contributed by atoms with van der Waals surface area (Å²) in [5.41, 5.74) is 0.111. The van der Waals surface area contributed by atoms with E-state index < -0.39 is 24.5 Å². The molecule has 17 heavy (non-hydrogen) atoms. The maximum absolute atomic E-state index is 11.7. The van der Waals surface area contributed by atoms with Gasteiger partial charge in [-0.15, -0.1) is 0 Å². The predicted octanol–water partition coefficient (Wildman–Crippen LogP) is 0.507. The molecule has 0 saturated carbocycles. The van der Waals surface area contributed by atoms with Crippen LogP contribution in [0.2, 0.25) is 10.2 Å². The van der Waals surface area contributed by atoms with E-state index in [1.54, 1.807) is 0 Å². The van der Waals surface area contributed by atoms with Crippen LogP contribution in [-0.4, -0.2) is 39.3 Å². The smallest absolute Gasteiger partial charge is 0.328 e. The van der Waals surface area contributed by atoms with Crippen molar-refractivity contribution in [2.45, 2.75) is 6.04 Å². The van der Waals surface area contributed by atoms with Gasteiger partial charge in [0.15, 0.2) is 6.04 Å². The Bertz CT molecular complexity index is 458. The minimum absolute atomic E-state index is 0.111. The molecule has 0 radical (unpaired) electrons. The molecule has 1 atom stereocenters. The molecule has 0 spiro atoms. The number of aliphatic hydroxyl groups is 1. The summed E-state index contributed by atoms with van der Waals surface area (Å²) in [6.45, 7) is -0.701. The van der Waals surface area contributed by atoms with Crippen LogP contribution in [0, 0.1) is 0 Å². The summed E-state index contributed by atoms with van der Waals surface area (Å²) in [4.78, 5) is 22.3. The highest BCUT2D eigenvalue weighted by Crippen LogP contribution is 2.24. The van der Waals surface area contributed by atoms with Crippen LogP contribution < -0.4 is 5.32 Å². The minimum Gasteiger partial charge on any atom is -0.480 e. The van der Waals surface area contributed by atoms with Crippen molar-refractivity contribution >= 4 is 35.1 Å². The Morgan fingerprint density at radius 2 is 2.12 bits per heavy atom. The lowest BCUT2D eigenvalue weighted by atomic mass is 10.3. The molecule has 3 N–H and O–H groups in total. The van der Waals surface area contributed by atoms with Crippen molar-refractivity contribution in [1.29, 1.82) is 0 Å².